The lowest BCUT2D eigenvalue weighted by Gasteiger charge is -2.37. The van der Waals surface area contributed by atoms with E-state index in [2.05, 4.69) is 5.10 Å². The van der Waals surface area contributed by atoms with Crippen LogP contribution in [0.15, 0.2) is 17.3 Å². The molecule has 7 nitrogen and oxygen atoms in total. The van der Waals surface area contributed by atoms with Crippen LogP contribution in [0.3, 0.4) is 0 Å². The molecular formula is C11H20N4O3S. The first kappa shape index (κ1) is 14.4. The molecule has 2 N–H and O–H groups in total. The topological polar surface area (TPSA) is 90.5 Å². The van der Waals surface area contributed by atoms with Gasteiger partial charge in [0.15, 0.2) is 0 Å². The molecule has 1 aliphatic heterocycles. The molecule has 0 amide bonds. The van der Waals surface area contributed by atoms with E-state index < -0.39 is 10.0 Å². The molecule has 1 saturated heterocycles. The molecule has 0 aromatic carbocycles. The molecule has 1 fully saturated rings. The molecule has 19 heavy (non-hydrogen) atoms. The highest BCUT2D eigenvalue weighted by Gasteiger charge is 2.36. The Kier molecular flexibility index (Phi) is 4.24. The third-order valence-corrected chi connectivity index (χ3v) is 5.41. The highest BCUT2D eigenvalue weighted by molar-refractivity contribution is 7.89. The van der Waals surface area contributed by atoms with Crippen LogP contribution >= 0.6 is 0 Å². The zero-order valence-electron chi connectivity index (χ0n) is 11.2. The number of methoxy groups -OCH3 is 1. The van der Waals surface area contributed by atoms with Crippen molar-refractivity contribution in [3.05, 3.63) is 12.4 Å². The van der Waals surface area contributed by atoms with Gasteiger partial charge >= 0.3 is 0 Å². The van der Waals surface area contributed by atoms with Gasteiger partial charge in [-0.15, -0.1) is 0 Å². The maximum absolute atomic E-state index is 12.5. The van der Waals surface area contributed by atoms with E-state index in [0.717, 1.165) is 0 Å². The first-order chi connectivity index (χ1) is 8.98. The molecule has 2 atom stereocenters. The lowest BCUT2D eigenvalue weighted by Crippen LogP contribution is -2.50. The van der Waals surface area contributed by atoms with Gasteiger partial charge in [0.05, 0.1) is 12.3 Å². The van der Waals surface area contributed by atoms with Crippen molar-refractivity contribution in [2.24, 2.45) is 12.8 Å². The standard InChI is InChI=1S/C11H20N4O3S/c1-14-8-11(7-13-14)19(16,17)15-4-3-10(18-2)5-9(15)6-12/h7-10H,3-6,12H2,1-2H3. The van der Waals surface area contributed by atoms with Crippen molar-refractivity contribution >= 4 is 10.0 Å². The lowest BCUT2D eigenvalue weighted by molar-refractivity contribution is 0.0401. The minimum absolute atomic E-state index is 0.0777. The first-order valence-electron chi connectivity index (χ1n) is 6.22. The van der Waals surface area contributed by atoms with E-state index in [9.17, 15) is 8.42 Å². The van der Waals surface area contributed by atoms with Gasteiger partial charge in [-0.1, -0.05) is 0 Å². The number of rotatable bonds is 4. The molecule has 8 heteroatoms. The summed E-state index contributed by atoms with van der Waals surface area (Å²) >= 11 is 0. The van der Waals surface area contributed by atoms with Gasteiger partial charge in [0.25, 0.3) is 0 Å². The first-order valence-corrected chi connectivity index (χ1v) is 7.66. The number of nitrogens with two attached hydrogens (primary N) is 1. The summed E-state index contributed by atoms with van der Waals surface area (Å²) in [6, 6.07) is -0.219. The molecule has 0 bridgehead atoms. The van der Waals surface area contributed by atoms with Gasteiger partial charge in [-0.25, -0.2) is 8.42 Å². The van der Waals surface area contributed by atoms with Crippen molar-refractivity contribution in [1.29, 1.82) is 0 Å². The fourth-order valence-electron chi connectivity index (χ4n) is 2.40. The van der Waals surface area contributed by atoms with Crippen molar-refractivity contribution in [3.63, 3.8) is 0 Å². The number of aromatic nitrogens is 2. The predicted molar refractivity (Wildman–Crippen MR) is 70.0 cm³/mol. The molecule has 2 rings (SSSR count). The average Bonchev–Trinajstić information content (AvgIpc) is 2.85. The number of sulfonamides is 1. The monoisotopic (exact) mass is 288 g/mol. The van der Waals surface area contributed by atoms with Gasteiger partial charge in [-0.3, -0.25) is 4.68 Å². The highest BCUT2D eigenvalue weighted by atomic mass is 32.2. The van der Waals surface area contributed by atoms with Crippen LogP contribution in [0.2, 0.25) is 0 Å². The summed E-state index contributed by atoms with van der Waals surface area (Å²) in [6.07, 6.45) is 4.27. The highest BCUT2D eigenvalue weighted by Crippen LogP contribution is 2.25. The smallest absolute Gasteiger partial charge is 0.246 e. The van der Waals surface area contributed by atoms with E-state index in [-0.39, 0.29) is 17.0 Å². The summed E-state index contributed by atoms with van der Waals surface area (Å²) in [5.74, 6) is 0. The maximum Gasteiger partial charge on any atom is 0.246 e. The second-order valence-corrected chi connectivity index (χ2v) is 6.63. The Morgan fingerprint density at radius 1 is 1.58 bits per heavy atom. The van der Waals surface area contributed by atoms with E-state index in [1.165, 1.54) is 21.4 Å². The summed E-state index contributed by atoms with van der Waals surface area (Å²) in [7, 11) is -0.186. The normalized spacial score (nSPS) is 25.6. The van der Waals surface area contributed by atoms with Gasteiger partial charge in [0.1, 0.15) is 4.90 Å². The molecule has 1 aromatic rings. The second kappa shape index (κ2) is 5.58. The van der Waals surface area contributed by atoms with Gasteiger partial charge < -0.3 is 10.5 Å². The van der Waals surface area contributed by atoms with Crippen LogP contribution in [0.1, 0.15) is 12.8 Å². The molecule has 1 aliphatic rings. The van der Waals surface area contributed by atoms with Crippen LogP contribution in [0.25, 0.3) is 0 Å². The Hall–Kier alpha value is -0.960. The van der Waals surface area contributed by atoms with E-state index in [4.69, 9.17) is 10.5 Å². The summed E-state index contributed by atoms with van der Waals surface area (Å²) in [6.45, 7) is 0.719. The van der Waals surface area contributed by atoms with Gasteiger partial charge in [-0.05, 0) is 12.8 Å². The second-order valence-electron chi connectivity index (χ2n) is 4.74. The largest absolute Gasteiger partial charge is 0.381 e. The minimum Gasteiger partial charge on any atom is -0.381 e. The Morgan fingerprint density at radius 2 is 2.32 bits per heavy atom. The minimum atomic E-state index is -3.52. The molecule has 0 radical (unpaired) electrons. The number of hydrogen-bond donors (Lipinski definition) is 1. The Morgan fingerprint density at radius 3 is 2.84 bits per heavy atom. The lowest BCUT2D eigenvalue weighted by atomic mass is 10.0. The molecule has 0 aliphatic carbocycles. The van der Waals surface area contributed by atoms with Crippen LogP contribution in [0, 0.1) is 0 Å². The summed E-state index contributed by atoms with van der Waals surface area (Å²) in [4.78, 5) is 0.212. The Labute approximate surface area is 113 Å². The van der Waals surface area contributed by atoms with Crippen LogP contribution < -0.4 is 5.73 Å². The number of hydrogen-bond acceptors (Lipinski definition) is 5. The summed E-state index contributed by atoms with van der Waals surface area (Å²) in [5.41, 5.74) is 5.71. The van der Waals surface area contributed by atoms with Crippen molar-refractivity contribution in [2.75, 3.05) is 20.2 Å². The zero-order valence-corrected chi connectivity index (χ0v) is 12.0. The van der Waals surface area contributed by atoms with E-state index in [0.29, 0.717) is 25.9 Å². The van der Waals surface area contributed by atoms with Crippen molar-refractivity contribution in [2.45, 2.75) is 29.9 Å². The van der Waals surface area contributed by atoms with Crippen LogP contribution in [-0.2, 0) is 21.8 Å². The maximum atomic E-state index is 12.5. The molecule has 2 heterocycles. The van der Waals surface area contributed by atoms with E-state index in [1.807, 2.05) is 0 Å². The van der Waals surface area contributed by atoms with Crippen LogP contribution in [0.5, 0.6) is 0 Å². The predicted octanol–water partition coefficient (Wildman–Crippen LogP) is -0.453. The van der Waals surface area contributed by atoms with Crippen LogP contribution in [-0.4, -0.2) is 54.8 Å². The Balaban J connectivity index is 2.25. The molecule has 108 valence electrons. The van der Waals surface area contributed by atoms with Gasteiger partial charge in [0, 0.05) is 39.5 Å². The molecular weight excluding hydrogens is 268 g/mol. The number of aryl methyl sites for hydroxylation is 1. The zero-order chi connectivity index (χ0) is 14.0. The number of piperidine rings is 1. The molecule has 0 spiro atoms. The fraction of sp³-hybridized carbons (Fsp3) is 0.727. The third kappa shape index (κ3) is 2.81. The molecule has 1 aromatic heterocycles. The SMILES string of the molecule is COC1CCN(S(=O)(=O)c2cnn(C)c2)C(CN)C1. The third-order valence-electron chi connectivity index (χ3n) is 3.51. The van der Waals surface area contributed by atoms with Crippen LogP contribution in [0.4, 0.5) is 0 Å². The summed E-state index contributed by atoms with van der Waals surface area (Å²) in [5, 5.41) is 3.91. The van der Waals surface area contributed by atoms with E-state index in [1.54, 1.807) is 14.2 Å². The van der Waals surface area contributed by atoms with Gasteiger partial charge in [0.2, 0.25) is 10.0 Å². The molecule has 2 unspecified atom stereocenters. The van der Waals surface area contributed by atoms with Crippen molar-refractivity contribution in [3.8, 4) is 0 Å². The van der Waals surface area contributed by atoms with Crippen molar-refractivity contribution < 1.29 is 13.2 Å². The fourth-order valence-corrected chi connectivity index (χ4v) is 4.05. The molecule has 0 saturated carbocycles. The van der Waals surface area contributed by atoms with Crippen molar-refractivity contribution in [1.82, 2.24) is 14.1 Å². The van der Waals surface area contributed by atoms with E-state index >= 15 is 0 Å². The number of nitrogens with zero attached hydrogens (tertiary/aromatic N) is 3. The Bertz CT molecular complexity index is 528. The summed E-state index contributed by atoms with van der Waals surface area (Å²) < 4.78 is 33.3. The number of ether oxygens (including phenoxy) is 1. The quantitative estimate of drug-likeness (QED) is 0.810. The van der Waals surface area contributed by atoms with Gasteiger partial charge in [-0.2, -0.15) is 9.40 Å². The average molecular weight is 288 g/mol.